The SMILES string of the molecule is CC(C)(C)OC(=O)Cn1ccc(OB(O)O)cc1=O. The Morgan fingerprint density at radius 3 is 2.53 bits per heavy atom. The van der Waals surface area contributed by atoms with Crippen molar-refractivity contribution < 1.29 is 24.2 Å². The monoisotopic (exact) mass is 269 g/mol. The van der Waals surface area contributed by atoms with Gasteiger partial charge in [-0.3, -0.25) is 9.59 Å². The maximum absolute atomic E-state index is 11.6. The molecule has 0 aromatic carbocycles. The number of carbonyl (C=O) groups is 1. The van der Waals surface area contributed by atoms with Gasteiger partial charge in [-0.2, -0.15) is 0 Å². The number of hydrogen-bond acceptors (Lipinski definition) is 6. The van der Waals surface area contributed by atoms with Gasteiger partial charge in [0.2, 0.25) is 0 Å². The predicted octanol–water partition coefficient (Wildman–Crippen LogP) is -0.462. The molecule has 1 heterocycles. The largest absolute Gasteiger partial charge is 0.707 e. The molecule has 0 radical (unpaired) electrons. The van der Waals surface area contributed by atoms with Crippen LogP contribution in [0.5, 0.6) is 5.75 Å². The van der Waals surface area contributed by atoms with Gasteiger partial charge >= 0.3 is 13.3 Å². The van der Waals surface area contributed by atoms with Crippen molar-refractivity contribution in [3.63, 3.8) is 0 Å². The van der Waals surface area contributed by atoms with E-state index < -0.39 is 24.5 Å². The standard InChI is InChI=1S/C11H16BNO6/c1-11(2,3)18-10(15)7-13-5-4-8(6-9(13)14)19-12(16)17/h4-6,16-17H,7H2,1-3H3. The third kappa shape index (κ3) is 5.58. The first-order valence-corrected chi connectivity index (χ1v) is 5.62. The van der Waals surface area contributed by atoms with Gasteiger partial charge < -0.3 is 24.0 Å². The van der Waals surface area contributed by atoms with Gasteiger partial charge in [-0.25, -0.2) is 0 Å². The van der Waals surface area contributed by atoms with Crippen LogP contribution in [0.25, 0.3) is 0 Å². The van der Waals surface area contributed by atoms with Crippen LogP contribution >= 0.6 is 0 Å². The number of ether oxygens (including phenoxy) is 1. The van der Waals surface area contributed by atoms with Crippen molar-refractivity contribution in [1.82, 2.24) is 4.57 Å². The maximum atomic E-state index is 11.6. The summed E-state index contributed by atoms with van der Waals surface area (Å²) in [6.45, 7) is 4.96. The predicted molar refractivity (Wildman–Crippen MR) is 67.4 cm³/mol. The van der Waals surface area contributed by atoms with E-state index in [0.29, 0.717) is 0 Å². The quantitative estimate of drug-likeness (QED) is 0.567. The van der Waals surface area contributed by atoms with Crippen LogP contribution in [0.15, 0.2) is 23.1 Å². The average Bonchev–Trinajstić information content (AvgIpc) is 2.18. The zero-order chi connectivity index (χ0) is 14.6. The summed E-state index contributed by atoms with van der Waals surface area (Å²) in [4.78, 5) is 23.2. The fraction of sp³-hybridized carbons (Fsp3) is 0.455. The number of carbonyl (C=O) groups excluding carboxylic acids is 1. The first-order valence-electron chi connectivity index (χ1n) is 5.62. The normalized spacial score (nSPS) is 11.0. The number of pyridine rings is 1. The van der Waals surface area contributed by atoms with Gasteiger partial charge in [-0.05, 0) is 26.8 Å². The van der Waals surface area contributed by atoms with E-state index in [1.54, 1.807) is 20.8 Å². The van der Waals surface area contributed by atoms with Crippen LogP contribution in [0.1, 0.15) is 20.8 Å². The lowest BCUT2D eigenvalue weighted by Crippen LogP contribution is -2.30. The molecule has 0 aliphatic rings. The highest BCUT2D eigenvalue weighted by molar-refractivity contribution is 6.33. The van der Waals surface area contributed by atoms with Gasteiger partial charge in [-0.15, -0.1) is 0 Å². The highest BCUT2D eigenvalue weighted by Gasteiger charge is 2.17. The molecule has 0 aliphatic heterocycles. The summed E-state index contributed by atoms with van der Waals surface area (Å²) in [7, 11) is -2.00. The molecule has 0 spiro atoms. The number of rotatable bonds is 4. The summed E-state index contributed by atoms with van der Waals surface area (Å²) in [5.74, 6) is -0.536. The Morgan fingerprint density at radius 2 is 2.05 bits per heavy atom. The summed E-state index contributed by atoms with van der Waals surface area (Å²) in [6.07, 6.45) is 1.31. The Balaban J connectivity index is 2.75. The number of esters is 1. The second-order valence-corrected chi connectivity index (χ2v) is 4.86. The van der Waals surface area contributed by atoms with Gasteiger partial charge in [0.1, 0.15) is 17.9 Å². The second kappa shape index (κ2) is 5.90. The molecule has 2 N–H and O–H groups in total. The Kier molecular flexibility index (Phi) is 4.74. The van der Waals surface area contributed by atoms with Crippen LogP contribution in [0.3, 0.4) is 0 Å². The number of aromatic nitrogens is 1. The fourth-order valence-electron chi connectivity index (χ4n) is 1.33. The molecule has 0 bridgehead atoms. The molecule has 0 unspecified atom stereocenters. The molecule has 8 heteroatoms. The van der Waals surface area contributed by atoms with E-state index in [9.17, 15) is 9.59 Å². The Hall–Kier alpha value is -1.80. The summed E-state index contributed by atoms with van der Waals surface area (Å²) >= 11 is 0. The highest BCUT2D eigenvalue weighted by atomic mass is 16.6. The van der Waals surface area contributed by atoms with E-state index in [-0.39, 0.29) is 12.3 Å². The minimum atomic E-state index is -2.00. The van der Waals surface area contributed by atoms with Gasteiger partial charge in [0, 0.05) is 12.3 Å². The van der Waals surface area contributed by atoms with Gasteiger partial charge in [0.15, 0.2) is 0 Å². The first kappa shape index (κ1) is 15.3. The van der Waals surface area contributed by atoms with E-state index >= 15 is 0 Å². The molecular weight excluding hydrogens is 253 g/mol. The fourth-order valence-corrected chi connectivity index (χ4v) is 1.33. The summed E-state index contributed by atoms with van der Waals surface area (Å²) < 4.78 is 10.7. The molecule has 1 aromatic rings. The molecule has 0 aliphatic carbocycles. The van der Waals surface area contributed by atoms with Crippen molar-refractivity contribution in [1.29, 1.82) is 0 Å². The zero-order valence-corrected chi connectivity index (χ0v) is 11.0. The molecule has 0 saturated carbocycles. The molecule has 1 rings (SSSR count). The topological polar surface area (TPSA) is 98.0 Å². The Labute approximate surface area is 110 Å². The maximum Gasteiger partial charge on any atom is 0.707 e. The summed E-state index contributed by atoms with van der Waals surface area (Å²) in [5.41, 5.74) is -1.13. The number of nitrogens with zero attached hydrogens (tertiary/aromatic N) is 1. The van der Waals surface area contributed by atoms with E-state index in [1.807, 2.05) is 0 Å². The molecule has 0 amide bonds. The third-order valence-electron chi connectivity index (χ3n) is 1.93. The van der Waals surface area contributed by atoms with Crippen LogP contribution in [-0.2, 0) is 16.1 Å². The van der Waals surface area contributed by atoms with Crippen molar-refractivity contribution in [2.45, 2.75) is 32.9 Å². The van der Waals surface area contributed by atoms with E-state index in [4.69, 9.17) is 14.8 Å². The van der Waals surface area contributed by atoms with Crippen LogP contribution in [0.2, 0.25) is 0 Å². The van der Waals surface area contributed by atoms with Gasteiger partial charge in [-0.1, -0.05) is 0 Å². The van der Waals surface area contributed by atoms with Gasteiger partial charge in [0.25, 0.3) is 5.56 Å². The minimum absolute atomic E-state index is 0.000406. The molecule has 19 heavy (non-hydrogen) atoms. The average molecular weight is 269 g/mol. The van der Waals surface area contributed by atoms with E-state index in [0.717, 1.165) is 10.6 Å². The third-order valence-corrected chi connectivity index (χ3v) is 1.93. The van der Waals surface area contributed by atoms with Crippen LogP contribution in [-0.4, -0.2) is 33.5 Å². The Bertz CT molecular complexity index is 505. The summed E-state index contributed by atoms with van der Waals surface area (Å²) in [6, 6.07) is 2.38. The lowest BCUT2D eigenvalue weighted by Gasteiger charge is -2.19. The van der Waals surface area contributed by atoms with Crippen molar-refractivity contribution in [3.8, 4) is 5.75 Å². The molecule has 0 fully saturated rings. The second-order valence-electron chi connectivity index (χ2n) is 4.86. The minimum Gasteiger partial charge on any atom is -0.512 e. The molecule has 0 atom stereocenters. The van der Waals surface area contributed by atoms with Gasteiger partial charge in [0.05, 0.1) is 0 Å². The lowest BCUT2D eigenvalue weighted by molar-refractivity contribution is -0.155. The molecule has 0 saturated heterocycles. The summed E-state index contributed by atoms with van der Waals surface area (Å²) in [5, 5.41) is 17.2. The van der Waals surface area contributed by atoms with Crippen LogP contribution < -0.4 is 10.2 Å². The molecule has 7 nitrogen and oxygen atoms in total. The molecule has 1 aromatic heterocycles. The number of hydrogen-bond donors (Lipinski definition) is 2. The first-order chi connectivity index (χ1) is 8.67. The van der Waals surface area contributed by atoms with E-state index in [2.05, 4.69) is 4.65 Å². The van der Waals surface area contributed by atoms with Crippen molar-refractivity contribution in [2.75, 3.05) is 0 Å². The lowest BCUT2D eigenvalue weighted by atomic mass is 10.2. The van der Waals surface area contributed by atoms with Crippen molar-refractivity contribution >= 4 is 13.3 Å². The van der Waals surface area contributed by atoms with Crippen molar-refractivity contribution in [3.05, 3.63) is 28.7 Å². The molecule has 104 valence electrons. The smallest absolute Gasteiger partial charge is 0.512 e. The van der Waals surface area contributed by atoms with Crippen LogP contribution in [0, 0.1) is 0 Å². The van der Waals surface area contributed by atoms with Crippen molar-refractivity contribution in [2.24, 2.45) is 0 Å². The molecular formula is C11H16BNO6. The zero-order valence-electron chi connectivity index (χ0n) is 11.0. The Morgan fingerprint density at radius 1 is 1.42 bits per heavy atom. The highest BCUT2D eigenvalue weighted by Crippen LogP contribution is 2.08. The van der Waals surface area contributed by atoms with E-state index in [1.165, 1.54) is 12.3 Å². The van der Waals surface area contributed by atoms with Crippen LogP contribution in [0.4, 0.5) is 0 Å².